The van der Waals surface area contributed by atoms with Gasteiger partial charge in [-0.25, -0.2) is 8.42 Å². The van der Waals surface area contributed by atoms with Crippen molar-refractivity contribution in [2.24, 2.45) is 0 Å². The van der Waals surface area contributed by atoms with Crippen LogP contribution in [0, 0.1) is 0 Å². The summed E-state index contributed by atoms with van der Waals surface area (Å²) in [5.74, 6) is 0.170. The molecule has 0 heterocycles. The van der Waals surface area contributed by atoms with E-state index in [1.807, 2.05) is 6.92 Å². The minimum absolute atomic E-state index is 0.170. The van der Waals surface area contributed by atoms with Crippen LogP contribution in [0.1, 0.15) is 13.3 Å². The van der Waals surface area contributed by atoms with Crippen molar-refractivity contribution in [3.8, 4) is 0 Å². The monoisotopic (exact) mass is 136 g/mol. The van der Waals surface area contributed by atoms with Gasteiger partial charge in [0.2, 0.25) is 10.0 Å². The van der Waals surface area contributed by atoms with E-state index in [9.17, 15) is 8.42 Å². The van der Waals surface area contributed by atoms with Gasteiger partial charge in [0, 0.05) is 7.05 Å². The average Bonchev–Trinajstić information content (AvgIpc) is 1.67. The van der Waals surface area contributed by atoms with Crippen LogP contribution in [0.25, 0.3) is 0 Å². The van der Waals surface area contributed by atoms with Gasteiger partial charge in [0.25, 0.3) is 0 Å². The van der Waals surface area contributed by atoms with Crippen LogP contribution in [0.3, 0.4) is 0 Å². The highest BCUT2D eigenvalue weighted by Gasteiger charge is 2.03. The van der Waals surface area contributed by atoms with Crippen molar-refractivity contribution in [1.29, 1.82) is 0 Å². The van der Waals surface area contributed by atoms with E-state index in [1.165, 1.54) is 7.05 Å². The van der Waals surface area contributed by atoms with E-state index >= 15 is 0 Å². The minimum atomic E-state index is -3.04. The molecule has 0 aromatic carbocycles. The summed E-state index contributed by atoms with van der Waals surface area (Å²) in [6.07, 6.45) is 0.639. The summed E-state index contributed by atoms with van der Waals surface area (Å²) in [6.45, 7) is 1.81. The Kier molecular flexibility index (Phi) is 3.01. The highest BCUT2D eigenvalue weighted by Crippen LogP contribution is 1.86. The van der Waals surface area contributed by atoms with E-state index in [0.29, 0.717) is 6.42 Å². The molecule has 4 heteroatoms. The predicted octanol–water partition coefficient (Wildman–Crippen LogP) is -0.0396. The second-order valence-electron chi connectivity index (χ2n) is 1.47. The summed E-state index contributed by atoms with van der Waals surface area (Å²) in [6, 6.07) is 0. The molecule has 0 saturated heterocycles. The summed E-state index contributed by atoms with van der Waals surface area (Å²) in [5.41, 5.74) is 0. The Hall–Kier alpha value is -0.0900. The van der Waals surface area contributed by atoms with E-state index in [-0.39, 0.29) is 5.75 Å². The Morgan fingerprint density at radius 2 is 2.00 bits per heavy atom. The Balaban J connectivity index is 3.76. The fraction of sp³-hybridized carbons (Fsp3) is 1.00. The number of hydrogen-bond acceptors (Lipinski definition) is 2. The maximum Gasteiger partial charge on any atom is 0.227 e. The van der Waals surface area contributed by atoms with Gasteiger partial charge in [0.1, 0.15) is 0 Å². The average molecular weight is 136 g/mol. The zero-order valence-corrected chi connectivity index (χ0v) is 5.90. The third-order valence-corrected chi connectivity index (χ3v) is 2.22. The first kappa shape index (κ1) is 7.91. The van der Waals surface area contributed by atoms with Gasteiger partial charge < -0.3 is 0 Å². The molecule has 0 aliphatic heterocycles. The number of rotatable bonds is 3. The lowest BCUT2D eigenvalue weighted by molar-refractivity contribution is 0.586. The third-order valence-electron chi connectivity index (χ3n) is 0.740. The molecule has 0 unspecified atom stereocenters. The van der Waals surface area contributed by atoms with Gasteiger partial charge in [0.05, 0.1) is 5.75 Å². The standard InChI is InChI=1S/C4H10NO2S/c1-3-4-8(6,7)5-2/h3-4H2,1-2H3. The van der Waals surface area contributed by atoms with Crippen molar-refractivity contribution >= 4 is 10.0 Å². The van der Waals surface area contributed by atoms with Crippen LogP contribution >= 0.6 is 0 Å². The van der Waals surface area contributed by atoms with E-state index in [4.69, 9.17) is 0 Å². The quantitative estimate of drug-likeness (QED) is 0.546. The van der Waals surface area contributed by atoms with Crippen LogP contribution in [-0.2, 0) is 10.0 Å². The van der Waals surface area contributed by atoms with E-state index in [1.54, 1.807) is 0 Å². The van der Waals surface area contributed by atoms with E-state index in [0.717, 1.165) is 0 Å². The maximum absolute atomic E-state index is 10.4. The summed E-state index contributed by atoms with van der Waals surface area (Å²) in [5, 5.41) is 0. The molecule has 0 aliphatic carbocycles. The number of nitrogens with zero attached hydrogens (tertiary/aromatic N) is 1. The van der Waals surface area contributed by atoms with Gasteiger partial charge in [0.15, 0.2) is 0 Å². The molecular formula is C4H10NO2S. The Labute approximate surface area is 50.1 Å². The lowest BCUT2D eigenvalue weighted by Crippen LogP contribution is -2.14. The molecule has 0 atom stereocenters. The summed E-state index contributed by atoms with van der Waals surface area (Å²) in [4.78, 5) is 0. The van der Waals surface area contributed by atoms with Crippen molar-refractivity contribution in [2.75, 3.05) is 12.8 Å². The zero-order valence-electron chi connectivity index (χ0n) is 5.09. The Morgan fingerprint density at radius 1 is 1.50 bits per heavy atom. The number of hydrogen-bond donors (Lipinski definition) is 0. The van der Waals surface area contributed by atoms with Gasteiger partial charge in [-0.2, -0.15) is 0 Å². The Morgan fingerprint density at radius 3 is 2.12 bits per heavy atom. The van der Waals surface area contributed by atoms with E-state index < -0.39 is 10.0 Å². The first-order chi connectivity index (χ1) is 3.62. The molecule has 0 spiro atoms. The van der Waals surface area contributed by atoms with Gasteiger partial charge in [-0.1, -0.05) is 6.92 Å². The zero-order chi connectivity index (χ0) is 6.62. The normalized spacial score (nSPS) is 11.8. The van der Waals surface area contributed by atoms with Crippen molar-refractivity contribution in [1.82, 2.24) is 4.72 Å². The second-order valence-corrected chi connectivity index (χ2v) is 3.41. The molecule has 1 radical (unpaired) electrons. The molecule has 49 valence electrons. The van der Waals surface area contributed by atoms with Crippen LogP contribution in [-0.4, -0.2) is 21.2 Å². The highest BCUT2D eigenvalue weighted by molar-refractivity contribution is 7.89. The number of sulfonamides is 1. The molecule has 8 heavy (non-hydrogen) atoms. The first-order valence-corrected chi connectivity index (χ1v) is 4.07. The SMILES string of the molecule is CCCS(=O)(=O)[N]C. The van der Waals surface area contributed by atoms with Crippen LogP contribution in [0.2, 0.25) is 0 Å². The van der Waals surface area contributed by atoms with Crippen molar-refractivity contribution < 1.29 is 8.42 Å². The van der Waals surface area contributed by atoms with Crippen LogP contribution < -0.4 is 4.72 Å². The lowest BCUT2D eigenvalue weighted by atomic mass is 10.6. The molecule has 0 aromatic rings. The molecule has 0 fully saturated rings. The summed E-state index contributed by atoms with van der Waals surface area (Å²) >= 11 is 0. The molecule has 0 saturated carbocycles. The predicted molar refractivity (Wildman–Crippen MR) is 32.1 cm³/mol. The first-order valence-electron chi connectivity index (χ1n) is 2.46. The molecule has 0 N–H and O–H groups in total. The third kappa shape index (κ3) is 2.98. The summed E-state index contributed by atoms with van der Waals surface area (Å²) < 4.78 is 24.0. The van der Waals surface area contributed by atoms with Gasteiger partial charge in [-0.05, 0) is 6.42 Å². The molecule has 0 bridgehead atoms. The van der Waals surface area contributed by atoms with E-state index in [2.05, 4.69) is 4.72 Å². The smallest absolute Gasteiger partial charge is 0.211 e. The lowest BCUT2D eigenvalue weighted by Gasteiger charge is -1.93. The fourth-order valence-electron chi connectivity index (χ4n) is 0.349. The maximum atomic E-state index is 10.4. The topological polar surface area (TPSA) is 48.2 Å². The summed E-state index contributed by atoms with van der Waals surface area (Å²) in [7, 11) is -1.75. The van der Waals surface area contributed by atoms with Crippen molar-refractivity contribution in [2.45, 2.75) is 13.3 Å². The van der Waals surface area contributed by atoms with Crippen molar-refractivity contribution in [3.05, 3.63) is 0 Å². The molecule has 0 rings (SSSR count). The fourth-order valence-corrected chi connectivity index (χ4v) is 1.05. The molecule has 0 aromatic heterocycles. The van der Waals surface area contributed by atoms with Crippen LogP contribution in [0.15, 0.2) is 0 Å². The largest absolute Gasteiger partial charge is 0.227 e. The minimum Gasteiger partial charge on any atom is -0.211 e. The molecule has 0 amide bonds. The van der Waals surface area contributed by atoms with Crippen LogP contribution in [0.4, 0.5) is 0 Å². The van der Waals surface area contributed by atoms with Crippen molar-refractivity contribution in [3.63, 3.8) is 0 Å². The molecular weight excluding hydrogens is 126 g/mol. The molecule has 3 nitrogen and oxygen atoms in total. The highest BCUT2D eigenvalue weighted by atomic mass is 32.2. The molecule has 0 aliphatic rings. The second kappa shape index (κ2) is 3.04. The van der Waals surface area contributed by atoms with Gasteiger partial charge in [-0.3, -0.25) is 0 Å². The van der Waals surface area contributed by atoms with Gasteiger partial charge >= 0.3 is 0 Å². The Bertz CT molecular complexity index is 138. The van der Waals surface area contributed by atoms with Crippen LogP contribution in [0.5, 0.6) is 0 Å². The van der Waals surface area contributed by atoms with Gasteiger partial charge in [-0.15, -0.1) is 4.72 Å².